The van der Waals surface area contributed by atoms with E-state index in [1.165, 1.54) is 36.2 Å². The fourth-order valence-electron chi connectivity index (χ4n) is 5.46. The SMILES string of the molecule is O=C(NC(CCOC1CC(CCc2ccc3c(n2)CCCC3)C1)C(=O)O)c1ccccc1C1CC1. The maximum atomic E-state index is 12.8. The molecule has 6 heteroatoms. The number of amides is 1. The largest absolute Gasteiger partial charge is 0.480 e. The summed E-state index contributed by atoms with van der Waals surface area (Å²) in [6.45, 7) is 0.339. The third-order valence-corrected chi connectivity index (χ3v) is 7.82. The van der Waals surface area contributed by atoms with Crippen molar-refractivity contribution in [1.29, 1.82) is 0 Å². The van der Waals surface area contributed by atoms with Gasteiger partial charge < -0.3 is 15.2 Å². The Morgan fingerprint density at radius 2 is 1.89 bits per heavy atom. The van der Waals surface area contributed by atoms with Crippen molar-refractivity contribution in [2.24, 2.45) is 5.92 Å². The number of aliphatic carboxylic acids is 1. The molecule has 1 heterocycles. The van der Waals surface area contributed by atoms with Crippen LogP contribution in [0.15, 0.2) is 36.4 Å². The quantitative estimate of drug-likeness (QED) is 0.485. The van der Waals surface area contributed by atoms with E-state index in [-0.39, 0.29) is 18.4 Å². The third-order valence-electron chi connectivity index (χ3n) is 7.82. The van der Waals surface area contributed by atoms with Gasteiger partial charge in [0.1, 0.15) is 6.04 Å². The van der Waals surface area contributed by atoms with Crippen LogP contribution in [0.4, 0.5) is 0 Å². The summed E-state index contributed by atoms with van der Waals surface area (Å²) in [4.78, 5) is 29.4. The number of carbonyl (C=O) groups is 2. The molecule has 3 aliphatic carbocycles. The van der Waals surface area contributed by atoms with Crippen LogP contribution < -0.4 is 5.32 Å². The zero-order valence-electron chi connectivity index (χ0n) is 20.4. The molecule has 1 aromatic heterocycles. The van der Waals surface area contributed by atoms with Crippen molar-refractivity contribution < 1.29 is 19.4 Å². The zero-order chi connectivity index (χ0) is 24.2. The molecule has 0 radical (unpaired) electrons. The van der Waals surface area contributed by atoms with Crippen LogP contribution in [0.1, 0.15) is 90.2 Å². The number of hydrogen-bond acceptors (Lipinski definition) is 4. The van der Waals surface area contributed by atoms with Crippen LogP contribution in [0, 0.1) is 5.92 Å². The highest BCUT2D eigenvalue weighted by Gasteiger charge is 2.31. The van der Waals surface area contributed by atoms with Crippen LogP contribution in [0.5, 0.6) is 0 Å². The number of benzene rings is 1. The van der Waals surface area contributed by atoms with Crippen molar-refractivity contribution in [2.75, 3.05) is 6.61 Å². The number of carbonyl (C=O) groups excluding carboxylic acids is 1. The van der Waals surface area contributed by atoms with Gasteiger partial charge in [0, 0.05) is 30.0 Å². The minimum atomic E-state index is -1.02. The molecule has 35 heavy (non-hydrogen) atoms. The van der Waals surface area contributed by atoms with Crippen molar-refractivity contribution in [3.05, 3.63) is 64.5 Å². The summed E-state index contributed by atoms with van der Waals surface area (Å²) in [5, 5.41) is 12.3. The van der Waals surface area contributed by atoms with Gasteiger partial charge in [-0.3, -0.25) is 9.78 Å². The van der Waals surface area contributed by atoms with Crippen molar-refractivity contribution >= 4 is 11.9 Å². The van der Waals surface area contributed by atoms with E-state index in [0.717, 1.165) is 50.5 Å². The minimum Gasteiger partial charge on any atom is -0.480 e. The Hall–Kier alpha value is -2.73. The maximum absolute atomic E-state index is 12.8. The molecule has 3 aliphatic rings. The summed E-state index contributed by atoms with van der Waals surface area (Å²) in [5.41, 5.74) is 5.56. The molecule has 186 valence electrons. The van der Waals surface area contributed by atoms with Gasteiger partial charge in [-0.1, -0.05) is 24.3 Å². The molecule has 2 fully saturated rings. The molecule has 1 aromatic carbocycles. The Morgan fingerprint density at radius 3 is 2.69 bits per heavy atom. The summed E-state index contributed by atoms with van der Waals surface area (Å²) in [5.74, 6) is -0.251. The average Bonchev–Trinajstić information content (AvgIpc) is 3.69. The van der Waals surface area contributed by atoms with E-state index in [9.17, 15) is 14.7 Å². The molecule has 0 spiro atoms. The second-order valence-corrected chi connectivity index (χ2v) is 10.5. The number of rotatable bonds is 11. The van der Waals surface area contributed by atoms with Crippen LogP contribution in [0.3, 0.4) is 0 Å². The van der Waals surface area contributed by atoms with Crippen molar-refractivity contribution in [3.63, 3.8) is 0 Å². The third kappa shape index (κ3) is 6.10. The fourth-order valence-corrected chi connectivity index (χ4v) is 5.46. The number of hydrogen-bond donors (Lipinski definition) is 2. The highest BCUT2D eigenvalue weighted by Crippen LogP contribution is 2.41. The lowest BCUT2D eigenvalue weighted by Crippen LogP contribution is -2.42. The van der Waals surface area contributed by atoms with Crippen molar-refractivity contribution in [1.82, 2.24) is 10.3 Å². The van der Waals surface area contributed by atoms with Gasteiger partial charge in [-0.2, -0.15) is 0 Å². The lowest BCUT2D eigenvalue weighted by molar-refractivity contribution is -0.140. The predicted octanol–water partition coefficient (Wildman–Crippen LogP) is 4.84. The normalized spacial score (nSPS) is 22.1. The Labute approximate surface area is 207 Å². The Balaban J connectivity index is 1.02. The van der Waals surface area contributed by atoms with Gasteiger partial charge in [0.25, 0.3) is 5.91 Å². The minimum absolute atomic E-state index is 0.192. The molecule has 2 aromatic rings. The van der Waals surface area contributed by atoms with Gasteiger partial charge in [0.15, 0.2) is 0 Å². The average molecular weight is 477 g/mol. The maximum Gasteiger partial charge on any atom is 0.326 e. The number of carboxylic acids is 1. The molecule has 5 rings (SSSR count). The van der Waals surface area contributed by atoms with Gasteiger partial charge in [-0.15, -0.1) is 0 Å². The number of fused-ring (bicyclic) bond motifs is 1. The van der Waals surface area contributed by atoms with Crippen molar-refractivity contribution in [2.45, 2.75) is 88.7 Å². The molecular weight excluding hydrogens is 440 g/mol. The van der Waals surface area contributed by atoms with Gasteiger partial charge >= 0.3 is 5.97 Å². The zero-order valence-corrected chi connectivity index (χ0v) is 20.4. The Kier molecular flexibility index (Phi) is 7.47. The summed E-state index contributed by atoms with van der Waals surface area (Å²) in [6, 6.07) is 11.0. The number of pyridine rings is 1. The van der Waals surface area contributed by atoms with Gasteiger partial charge in [-0.25, -0.2) is 4.79 Å². The van der Waals surface area contributed by atoms with E-state index in [1.54, 1.807) is 6.07 Å². The second-order valence-electron chi connectivity index (χ2n) is 10.5. The Bertz CT molecular complexity index is 1060. The molecule has 0 saturated heterocycles. The molecule has 2 saturated carbocycles. The van der Waals surface area contributed by atoms with Gasteiger partial charge in [0.2, 0.25) is 0 Å². The summed E-state index contributed by atoms with van der Waals surface area (Å²) in [6.07, 6.45) is 11.6. The first-order valence-electron chi connectivity index (χ1n) is 13.3. The van der Waals surface area contributed by atoms with E-state index >= 15 is 0 Å². The summed E-state index contributed by atoms with van der Waals surface area (Å²) >= 11 is 0. The van der Waals surface area contributed by atoms with Gasteiger partial charge in [-0.05, 0) is 99.3 Å². The van der Waals surface area contributed by atoms with E-state index in [0.29, 0.717) is 24.0 Å². The monoisotopic (exact) mass is 476 g/mol. The topological polar surface area (TPSA) is 88.5 Å². The number of ether oxygens (including phenoxy) is 1. The molecule has 1 amide bonds. The molecule has 0 bridgehead atoms. The fraction of sp³-hybridized carbons (Fsp3) is 0.552. The molecule has 0 aliphatic heterocycles. The van der Waals surface area contributed by atoms with Crippen LogP contribution in [0.25, 0.3) is 0 Å². The first kappa shape index (κ1) is 24.0. The molecule has 1 atom stereocenters. The van der Waals surface area contributed by atoms with E-state index in [2.05, 4.69) is 17.4 Å². The summed E-state index contributed by atoms with van der Waals surface area (Å²) < 4.78 is 5.94. The molecule has 2 N–H and O–H groups in total. The number of nitrogens with one attached hydrogen (secondary N) is 1. The van der Waals surface area contributed by atoms with Crippen LogP contribution in [-0.2, 0) is 28.8 Å². The number of carboxylic acid groups (broad SMARTS) is 1. The highest BCUT2D eigenvalue weighted by molar-refractivity contribution is 5.98. The first-order valence-corrected chi connectivity index (χ1v) is 13.3. The summed E-state index contributed by atoms with van der Waals surface area (Å²) in [7, 11) is 0. The molecule has 6 nitrogen and oxygen atoms in total. The second kappa shape index (κ2) is 10.9. The first-order chi connectivity index (χ1) is 17.1. The number of aryl methyl sites for hydroxylation is 3. The van der Waals surface area contributed by atoms with Gasteiger partial charge in [0.05, 0.1) is 6.10 Å². The van der Waals surface area contributed by atoms with Crippen LogP contribution in [-0.4, -0.2) is 40.7 Å². The highest BCUT2D eigenvalue weighted by atomic mass is 16.5. The molecular formula is C29H36N2O4. The van der Waals surface area contributed by atoms with E-state index in [4.69, 9.17) is 9.72 Å². The van der Waals surface area contributed by atoms with E-state index in [1.807, 2.05) is 18.2 Å². The Morgan fingerprint density at radius 1 is 1.09 bits per heavy atom. The van der Waals surface area contributed by atoms with Crippen LogP contribution in [0.2, 0.25) is 0 Å². The lowest BCUT2D eigenvalue weighted by Gasteiger charge is -2.35. The van der Waals surface area contributed by atoms with E-state index < -0.39 is 12.0 Å². The van der Waals surface area contributed by atoms with Crippen LogP contribution >= 0.6 is 0 Å². The van der Waals surface area contributed by atoms with Crippen molar-refractivity contribution in [3.8, 4) is 0 Å². The smallest absolute Gasteiger partial charge is 0.326 e. The number of nitrogens with zero attached hydrogens (tertiary/aromatic N) is 1. The number of aromatic nitrogens is 1. The predicted molar refractivity (Wildman–Crippen MR) is 134 cm³/mol. The standard InChI is InChI=1S/C29H36N2O4/c32-28(25-7-3-2-6-24(25)20-10-11-20)31-27(29(33)34)15-16-35-23-17-19(18-23)9-13-22-14-12-21-5-1-4-8-26(21)30-22/h2-3,6-7,12,14,19-20,23,27H,1,4-5,8-11,13,15-18H2,(H,31,32)(H,33,34). The lowest BCUT2D eigenvalue weighted by atomic mass is 9.79. The molecule has 1 unspecified atom stereocenters.